The fourth-order valence-electron chi connectivity index (χ4n) is 3.06. The summed E-state index contributed by atoms with van der Waals surface area (Å²) in [7, 11) is 0. The Hall–Kier alpha value is -3.96. The molecule has 32 heavy (non-hydrogen) atoms. The van der Waals surface area contributed by atoms with Crippen molar-refractivity contribution in [2.75, 3.05) is 6.61 Å². The van der Waals surface area contributed by atoms with Crippen LogP contribution < -0.4 is 5.32 Å². The van der Waals surface area contributed by atoms with Gasteiger partial charge < -0.3 is 14.5 Å². The molecule has 8 nitrogen and oxygen atoms in total. The van der Waals surface area contributed by atoms with Gasteiger partial charge in [-0.2, -0.15) is 18.3 Å². The van der Waals surface area contributed by atoms with Crippen molar-refractivity contribution in [3.05, 3.63) is 65.6 Å². The maximum Gasteiger partial charge on any atom is 0.422 e. The highest BCUT2D eigenvalue weighted by Crippen LogP contribution is 2.29. The molecular formula is C20H14F4N4O4. The third-order valence-corrected chi connectivity index (χ3v) is 4.49. The number of carbonyl (C=O) groups excluding carboxylic acids is 2. The van der Waals surface area contributed by atoms with Gasteiger partial charge in [0.25, 0.3) is 5.91 Å². The Morgan fingerprint density at radius 3 is 2.78 bits per heavy atom. The number of alkyl halides is 3. The maximum atomic E-state index is 13.9. The summed E-state index contributed by atoms with van der Waals surface area (Å²) < 4.78 is 62.2. The van der Waals surface area contributed by atoms with Crippen LogP contribution in [0.4, 0.5) is 17.6 Å². The van der Waals surface area contributed by atoms with Crippen LogP contribution in [-0.2, 0) is 4.74 Å². The minimum Gasteiger partial charge on any atom is -0.458 e. The van der Waals surface area contributed by atoms with E-state index >= 15 is 0 Å². The van der Waals surface area contributed by atoms with E-state index in [0.717, 1.165) is 12.1 Å². The number of rotatable bonds is 5. The van der Waals surface area contributed by atoms with E-state index in [2.05, 4.69) is 20.1 Å². The van der Waals surface area contributed by atoms with Crippen molar-refractivity contribution in [2.45, 2.75) is 19.1 Å². The number of halogens is 4. The van der Waals surface area contributed by atoms with Crippen LogP contribution in [0.25, 0.3) is 16.6 Å². The molecule has 1 N–H and O–H groups in total. The van der Waals surface area contributed by atoms with Gasteiger partial charge in [-0.05, 0) is 31.2 Å². The second kappa shape index (κ2) is 7.94. The fourth-order valence-corrected chi connectivity index (χ4v) is 3.06. The summed E-state index contributed by atoms with van der Waals surface area (Å²) in [5.41, 5.74) is -0.122. The molecule has 4 aromatic rings. The number of hydrogen-bond acceptors (Lipinski definition) is 6. The Morgan fingerprint density at radius 2 is 2.03 bits per heavy atom. The SMILES string of the molecule is CC(NC(=O)c1cnn2cccnc12)c1cc2cc(F)cc(C(=O)OCC(F)(F)F)c2o1. The predicted molar refractivity (Wildman–Crippen MR) is 101 cm³/mol. The molecule has 1 atom stereocenters. The van der Waals surface area contributed by atoms with Crippen LogP contribution in [0.3, 0.4) is 0 Å². The summed E-state index contributed by atoms with van der Waals surface area (Å²) in [6, 6.07) is 4.05. The molecule has 0 radical (unpaired) electrons. The first kappa shape index (κ1) is 21.3. The van der Waals surface area contributed by atoms with Crippen LogP contribution >= 0.6 is 0 Å². The summed E-state index contributed by atoms with van der Waals surface area (Å²) >= 11 is 0. The van der Waals surface area contributed by atoms with Crippen molar-refractivity contribution in [3.63, 3.8) is 0 Å². The van der Waals surface area contributed by atoms with Gasteiger partial charge in [-0.1, -0.05) is 0 Å². The summed E-state index contributed by atoms with van der Waals surface area (Å²) in [6.45, 7) is -0.246. The normalized spacial score (nSPS) is 12.8. The Bertz CT molecular complexity index is 1330. The number of hydrogen-bond donors (Lipinski definition) is 1. The van der Waals surface area contributed by atoms with Gasteiger partial charge in [0.05, 0.1) is 12.2 Å². The molecule has 4 rings (SSSR count). The van der Waals surface area contributed by atoms with Crippen molar-refractivity contribution >= 4 is 28.5 Å². The number of nitrogens with one attached hydrogen (secondary N) is 1. The molecule has 1 amide bonds. The minimum absolute atomic E-state index is 0.123. The van der Waals surface area contributed by atoms with Crippen LogP contribution in [0, 0.1) is 5.82 Å². The summed E-state index contributed by atoms with van der Waals surface area (Å²) in [6.07, 6.45) is -0.268. The highest BCUT2D eigenvalue weighted by atomic mass is 19.4. The van der Waals surface area contributed by atoms with Crippen molar-refractivity contribution in [2.24, 2.45) is 0 Å². The number of esters is 1. The van der Waals surface area contributed by atoms with Gasteiger partial charge in [0.2, 0.25) is 0 Å². The van der Waals surface area contributed by atoms with Crippen LogP contribution in [-0.4, -0.2) is 39.3 Å². The average molecular weight is 450 g/mol. The molecule has 0 spiro atoms. The van der Waals surface area contributed by atoms with Crippen molar-refractivity contribution in [1.82, 2.24) is 19.9 Å². The molecular weight excluding hydrogens is 436 g/mol. The number of nitrogens with zero attached hydrogens (tertiary/aromatic N) is 3. The van der Waals surface area contributed by atoms with E-state index in [-0.39, 0.29) is 22.3 Å². The molecule has 1 unspecified atom stereocenters. The van der Waals surface area contributed by atoms with E-state index in [0.29, 0.717) is 5.65 Å². The zero-order chi connectivity index (χ0) is 23.0. The minimum atomic E-state index is -4.73. The molecule has 0 saturated heterocycles. The first-order chi connectivity index (χ1) is 15.1. The highest BCUT2D eigenvalue weighted by molar-refractivity contribution is 6.02. The molecule has 1 aromatic carbocycles. The average Bonchev–Trinajstić information content (AvgIpc) is 3.35. The smallest absolute Gasteiger partial charge is 0.422 e. The molecule has 166 valence electrons. The molecule has 3 aromatic heterocycles. The monoisotopic (exact) mass is 450 g/mol. The molecule has 12 heteroatoms. The summed E-state index contributed by atoms with van der Waals surface area (Å²) in [4.78, 5) is 28.8. The molecule has 0 fully saturated rings. The first-order valence-corrected chi connectivity index (χ1v) is 9.18. The van der Waals surface area contributed by atoms with E-state index in [9.17, 15) is 27.2 Å². The lowest BCUT2D eigenvalue weighted by Crippen LogP contribution is -2.26. The van der Waals surface area contributed by atoms with E-state index in [1.165, 1.54) is 23.0 Å². The Morgan fingerprint density at radius 1 is 1.25 bits per heavy atom. The molecule has 0 bridgehead atoms. The summed E-state index contributed by atoms with van der Waals surface area (Å²) in [5.74, 6) is -2.62. The van der Waals surface area contributed by atoms with E-state index in [1.54, 1.807) is 19.2 Å². The number of amides is 1. The van der Waals surface area contributed by atoms with Crippen molar-refractivity contribution in [1.29, 1.82) is 0 Å². The van der Waals surface area contributed by atoms with E-state index in [4.69, 9.17) is 4.42 Å². The maximum absolute atomic E-state index is 13.9. The summed E-state index contributed by atoms with van der Waals surface area (Å²) in [5, 5.41) is 6.82. The third-order valence-electron chi connectivity index (χ3n) is 4.49. The van der Waals surface area contributed by atoms with Crippen molar-refractivity contribution in [3.8, 4) is 0 Å². The predicted octanol–water partition coefficient (Wildman–Crippen LogP) is 3.82. The van der Waals surface area contributed by atoms with Gasteiger partial charge in [0, 0.05) is 17.8 Å². The van der Waals surface area contributed by atoms with Crippen LogP contribution in [0.1, 0.15) is 39.4 Å². The molecule has 0 aliphatic carbocycles. The first-order valence-electron chi connectivity index (χ1n) is 9.18. The van der Waals surface area contributed by atoms with Crippen LogP contribution in [0.2, 0.25) is 0 Å². The largest absolute Gasteiger partial charge is 0.458 e. The topological polar surface area (TPSA) is 98.7 Å². The zero-order valence-corrected chi connectivity index (χ0v) is 16.3. The molecule has 3 heterocycles. The van der Waals surface area contributed by atoms with Crippen molar-refractivity contribution < 1.29 is 36.3 Å². The number of aromatic nitrogens is 3. The van der Waals surface area contributed by atoms with Gasteiger partial charge in [0.1, 0.15) is 28.3 Å². The van der Waals surface area contributed by atoms with Crippen LogP contribution in [0.5, 0.6) is 0 Å². The highest BCUT2D eigenvalue weighted by Gasteiger charge is 2.31. The lowest BCUT2D eigenvalue weighted by molar-refractivity contribution is -0.161. The van der Waals surface area contributed by atoms with Gasteiger partial charge in [0.15, 0.2) is 12.3 Å². The van der Waals surface area contributed by atoms with Gasteiger partial charge in [-0.3, -0.25) is 4.79 Å². The second-order valence-electron chi connectivity index (χ2n) is 6.85. The van der Waals surface area contributed by atoms with E-state index in [1.807, 2.05) is 0 Å². The number of carbonyl (C=O) groups is 2. The third kappa shape index (κ3) is 4.24. The van der Waals surface area contributed by atoms with Gasteiger partial charge in [-0.25, -0.2) is 18.7 Å². The molecule has 0 aliphatic rings. The quantitative estimate of drug-likeness (QED) is 0.367. The lowest BCUT2D eigenvalue weighted by atomic mass is 10.1. The number of ether oxygens (including phenoxy) is 1. The second-order valence-corrected chi connectivity index (χ2v) is 6.85. The molecule has 0 aliphatic heterocycles. The van der Waals surface area contributed by atoms with Crippen LogP contribution in [0.15, 0.2) is 47.3 Å². The molecule has 0 saturated carbocycles. The number of benzene rings is 1. The standard InChI is InChI=1S/C20H14F4N4O4/c1-10(27-18(29)14-8-26-28-4-2-3-25-17(14)28)15-6-11-5-12(21)7-13(16(11)32-15)19(30)31-9-20(22,23)24/h2-8,10H,9H2,1H3,(H,27,29). The lowest BCUT2D eigenvalue weighted by Gasteiger charge is -2.10. The van der Waals surface area contributed by atoms with Gasteiger partial charge in [-0.15, -0.1) is 0 Å². The Kier molecular flexibility index (Phi) is 5.28. The van der Waals surface area contributed by atoms with E-state index < -0.39 is 42.1 Å². The Labute approximate surface area is 176 Å². The number of fused-ring (bicyclic) bond motifs is 2. The number of furan rings is 1. The zero-order valence-electron chi connectivity index (χ0n) is 16.3. The fraction of sp³-hybridized carbons (Fsp3) is 0.200. The Balaban J connectivity index is 1.59. The van der Waals surface area contributed by atoms with Gasteiger partial charge >= 0.3 is 12.1 Å².